The summed E-state index contributed by atoms with van der Waals surface area (Å²) in [4.78, 5) is 0. The van der Waals surface area contributed by atoms with Gasteiger partial charge in [-0.3, -0.25) is 0 Å². The lowest BCUT2D eigenvalue weighted by Gasteiger charge is -2.07. The van der Waals surface area contributed by atoms with Gasteiger partial charge >= 0.3 is 0 Å². The molecular weight excluding hydrogens is 190 g/mol. The lowest BCUT2D eigenvalue weighted by atomic mass is 10.2. The second kappa shape index (κ2) is 4.53. The van der Waals surface area contributed by atoms with Gasteiger partial charge in [-0.2, -0.15) is 0 Å². The van der Waals surface area contributed by atoms with Crippen molar-refractivity contribution in [2.24, 2.45) is 5.92 Å². The van der Waals surface area contributed by atoms with E-state index in [2.05, 4.69) is 0 Å². The Hall–Kier alpha value is -1.22. The van der Waals surface area contributed by atoms with Gasteiger partial charge in [0, 0.05) is 6.61 Å². The van der Waals surface area contributed by atoms with Crippen molar-refractivity contribution in [1.82, 2.24) is 0 Å². The Bertz CT molecular complexity index is 334. The monoisotopic (exact) mass is 207 g/mol. The molecule has 82 valence electrons. The molecule has 0 radical (unpaired) electrons. The fraction of sp³-hybridized carbons (Fsp3) is 0.500. The molecule has 1 fully saturated rings. The molecule has 2 N–H and O–H groups in total. The van der Waals surface area contributed by atoms with Gasteiger partial charge in [0.2, 0.25) is 0 Å². The lowest BCUT2D eigenvalue weighted by Crippen LogP contribution is -1.99. The van der Waals surface area contributed by atoms with E-state index < -0.39 is 0 Å². The van der Waals surface area contributed by atoms with Crippen LogP contribution in [0.25, 0.3) is 0 Å². The minimum Gasteiger partial charge on any atom is -0.495 e. The number of hydrogen-bond donors (Lipinski definition) is 1. The summed E-state index contributed by atoms with van der Waals surface area (Å²) in [5.41, 5.74) is 7.57. The van der Waals surface area contributed by atoms with E-state index in [-0.39, 0.29) is 0 Å². The van der Waals surface area contributed by atoms with Crippen molar-refractivity contribution in [2.75, 3.05) is 19.5 Å². The molecule has 0 heterocycles. The molecular formula is C12H17NO2. The van der Waals surface area contributed by atoms with E-state index >= 15 is 0 Å². The molecule has 0 saturated heterocycles. The average Bonchev–Trinajstić information content (AvgIpc) is 3.02. The van der Waals surface area contributed by atoms with Crippen molar-refractivity contribution in [2.45, 2.75) is 19.4 Å². The summed E-state index contributed by atoms with van der Waals surface area (Å²) in [5.74, 6) is 1.53. The third-order valence-electron chi connectivity index (χ3n) is 2.61. The number of rotatable bonds is 5. The molecule has 0 bridgehead atoms. The van der Waals surface area contributed by atoms with Crippen LogP contribution in [0.15, 0.2) is 18.2 Å². The number of methoxy groups -OCH3 is 1. The Morgan fingerprint density at radius 1 is 1.40 bits per heavy atom. The highest BCUT2D eigenvalue weighted by Gasteiger charge is 2.20. The van der Waals surface area contributed by atoms with Crippen LogP contribution < -0.4 is 10.5 Å². The van der Waals surface area contributed by atoms with E-state index in [0.717, 1.165) is 23.8 Å². The van der Waals surface area contributed by atoms with Crippen LogP contribution in [-0.4, -0.2) is 13.7 Å². The highest BCUT2D eigenvalue weighted by Crippen LogP contribution is 2.29. The standard InChI is InChI=1S/C12H17NO2/c1-14-12-5-4-10(6-11(12)13)8-15-7-9-2-3-9/h4-6,9H,2-3,7-8,13H2,1H3. The maximum Gasteiger partial charge on any atom is 0.141 e. The van der Waals surface area contributed by atoms with Crippen molar-refractivity contribution >= 4 is 5.69 Å². The van der Waals surface area contributed by atoms with Crippen LogP contribution >= 0.6 is 0 Å². The highest BCUT2D eigenvalue weighted by atomic mass is 16.5. The van der Waals surface area contributed by atoms with Gasteiger partial charge in [-0.25, -0.2) is 0 Å². The molecule has 1 saturated carbocycles. The zero-order valence-corrected chi connectivity index (χ0v) is 9.03. The predicted molar refractivity (Wildman–Crippen MR) is 59.8 cm³/mol. The fourth-order valence-corrected chi connectivity index (χ4v) is 1.50. The zero-order chi connectivity index (χ0) is 10.7. The van der Waals surface area contributed by atoms with Gasteiger partial charge in [-0.15, -0.1) is 0 Å². The summed E-state index contributed by atoms with van der Waals surface area (Å²) < 4.78 is 10.7. The molecule has 3 nitrogen and oxygen atoms in total. The van der Waals surface area contributed by atoms with E-state index in [1.165, 1.54) is 12.8 Å². The van der Waals surface area contributed by atoms with Gasteiger partial charge in [-0.05, 0) is 36.5 Å². The summed E-state index contributed by atoms with van der Waals surface area (Å²) >= 11 is 0. The summed E-state index contributed by atoms with van der Waals surface area (Å²) in [6, 6.07) is 5.78. The van der Waals surface area contributed by atoms with Gasteiger partial charge in [0.15, 0.2) is 0 Å². The van der Waals surface area contributed by atoms with Crippen LogP contribution in [0.4, 0.5) is 5.69 Å². The van der Waals surface area contributed by atoms with Crippen LogP contribution in [0.2, 0.25) is 0 Å². The molecule has 1 aliphatic rings. The first kappa shape index (κ1) is 10.3. The van der Waals surface area contributed by atoms with Crippen LogP contribution in [0, 0.1) is 5.92 Å². The molecule has 0 amide bonds. The molecule has 1 aromatic carbocycles. The van der Waals surface area contributed by atoms with Crippen molar-refractivity contribution in [3.63, 3.8) is 0 Å². The van der Waals surface area contributed by atoms with Crippen molar-refractivity contribution in [1.29, 1.82) is 0 Å². The first-order valence-corrected chi connectivity index (χ1v) is 5.29. The molecule has 15 heavy (non-hydrogen) atoms. The number of nitrogens with two attached hydrogens (primary N) is 1. The first-order valence-electron chi connectivity index (χ1n) is 5.29. The maximum absolute atomic E-state index is 5.80. The van der Waals surface area contributed by atoms with Gasteiger partial charge in [0.05, 0.1) is 19.4 Å². The van der Waals surface area contributed by atoms with E-state index in [1.54, 1.807) is 7.11 Å². The summed E-state index contributed by atoms with van der Waals surface area (Å²) in [6.07, 6.45) is 2.65. The number of nitrogen functional groups attached to an aromatic ring is 1. The van der Waals surface area contributed by atoms with Gasteiger partial charge in [0.1, 0.15) is 5.75 Å². The molecule has 3 heteroatoms. The number of hydrogen-bond acceptors (Lipinski definition) is 3. The Labute approximate surface area is 90.2 Å². The minimum absolute atomic E-state index is 0.644. The predicted octanol–water partition coefficient (Wildman–Crippen LogP) is 2.20. The Morgan fingerprint density at radius 3 is 2.80 bits per heavy atom. The maximum atomic E-state index is 5.80. The van der Waals surface area contributed by atoms with Gasteiger partial charge < -0.3 is 15.2 Å². The highest BCUT2D eigenvalue weighted by molar-refractivity contribution is 5.54. The van der Waals surface area contributed by atoms with Gasteiger partial charge in [0.25, 0.3) is 0 Å². The third-order valence-corrected chi connectivity index (χ3v) is 2.61. The summed E-state index contributed by atoms with van der Waals surface area (Å²) in [6.45, 7) is 1.52. The Kier molecular flexibility index (Phi) is 3.11. The van der Waals surface area contributed by atoms with Crippen LogP contribution in [0.3, 0.4) is 0 Å². The molecule has 1 aliphatic carbocycles. The van der Waals surface area contributed by atoms with E-state index in [4.69, 9.17) is 15.2 Å². The summed E-state index contributed by atoms with van der Waals surface area (Å²) in [5, 5.41) is 0. The summed E-state index contributed by atoms with van der Waals surface area (Å²) in [7, 11) is 1.62. The van der Waals surface area contributed by atoms with Crippen LogP contribution in [0.5, 0.6) is 5.75 Å². The second-order valence-corrected chi connectivity index (χ2v) is 4.03. The molecule has 0 atom stereocenters. The molecule has 0 spiro atoms. The van der Waals surface area contributed by atoms with E-state index in [0.29, 0.717) is 12.3 Å². The minimum atomic E-state index is 0.644. The van der Waals surface area contributed by atoms with Crippen molar-refractivity contribution in [3.05, 3.63) is 23.8 Å². The lowest BCUT2D eigenvalue weighted by molar-refractivity contribution is 0.111. The van der Waals surface area contributed by atoms with Crippen molar-refractivity contribution < 1.29 is 9.47 Å². The molecule has 0 aliphatic heterocycles. The smallest absolute Gasteiger partial charge is 0.141 e. The normalized spacial score (nSPS) is 15.3. The second-order valence-electron chi connectivity index (χ2n) is 4.03. The topological polar surface area (TPSA) is 44.5 Å². The van der Waals surface area contributed by atoms with E-state index in [1.807, 2.05) is 18.2 Å². The SMILES string of the molecule is COc1ccc(COCC2CC2)cc1N. The fourth-order valence-electron chi connectivity index (χ4n) is 1.50. The molecule has 0 unspecified atom stereocenters. The number of ether oxygens (including phenoxy) is 2. The number of anilines is 1. The molecule has 2 rings (SSSR count). The zero-order valence-electron chi connectivity index (χ0n) is 9.03. The first-order chi connectivity index (χ1) is 7.29. The van der Waals surface area contributed by atoms with Crippen molar-refractivity contribution in [3.8, 4) is 5.75 Å². The quantitative estimate of drug-likeness (QED) is 0.753. The average molecular weight is 207 g/mol. The Balaban J connectivity index is 1.87. The van der Waals surface area contributed by atoms with Crippen LogP contribution in [0.1, 0.15) is 18.4 Å². The largest absolute Gasteiger partial charge is 0.495 e. The number of benzene rings is 1. The Morgan fingerprint density at radius 2 is 2.20 bits per heavy atom. The molecule has 0 aromatic heterocycles. The van der Waals surface area contributed by atoms with Gasteiger partial charge in [-0.1, -0.05) is 6.07 Å². The molecule has 1 aromatic rings. The van der Waals surface area contributed by atoms with Crippen LogP contribution in [-0.2, 0) is 11.3 Å². The third kappa shape index (κ3) is 2.86. The van der Waals surface area contributed by atoms with E-state index in [9.17, 15) is 0 Å².